The molecule has 1 aromatic carbocycles. The standard InChI is InChI=1S/C15H19NO/c1-2-10-16-11-12-17-15-9-5-7-13-6-3-4-8-14(13)15/h1,3-4,6,8,15-16H,5,7,9-12H2. The summed E-state index contributed by atoms with van der Waals surface area (Å²) >= 11 is 0. The predicted molar refractivity (Wildman–Crippen MR) is 69.8 cm³/mol. The number of aryl methyl sites for hydroxylation is 1. The molecule has 2 rings (SSSR count). The summed E-state index contributed by atoms with van der Waals surface area (Å²) < 4.78 is 5.92. The van der Waals surface area contributed by atoms with Crippen molar-refractivity contribution in [2.75, 3.05) is 19.7 Å². The van der Waals surface area contributed by atoms with Gasteiger partial charge in [0.1, 0.15) is 0 Å². The molecule has 1 aromatic rings. The predicted octanol–water partition coefficient (Wildman–Crippen LogP) is 2.30. The van der Waals surface area contributed by atoms with Crippen LogP contribution in [0.25, 0.3) is 0 Å². The Kier molecular flexibility index (Phi) is 4.61. The molecule has 1 atom stereocenters. The molecule has 2 heteroatoms. The lowest BCUT2D eigenvalue weighted by Gasteiger charge is -2.25. The molecule has 1 aliphatic rings. The van der Waals surface area contributed by atoms with Crippen molar-refractivity contribution >= 4 is 0 Å². The van der Waals surface area contributed by atoms with Crippen molar-refractivity contribution in [1.29, 1.82) is 0 Å². The highest BCUT2D eigenvalue weighted by molar-refractivity contribution is 5.31. The summed E-state index contributed by atoms with van der Waals surface area (Å²) in [6, 6.07) is 8.60. The van der Waals surface area contributed by atoms with E-state index in [9.17, 15) is 0 Å². The van der Waals surface area contributed by atoms with Gasteiger partial charge in [-0.05, 0) is 30.4 Å². The van der Waals surface area contributed by atoms with E-state index in [2.05, 4.69) is 35.5 Å². The summed E-state index contributed by atoms with van der Waals surface area (Å²) in [7, 11) is 0. The number of ether oxygens (including phenoxy) is 1. The van der Waals surface area contributed by atoms with Gasteiger partial charge in [0.05, 0.1) is 19.3 Å². The molecular weight excluding hydrogens is 210 g/mol. The number of terminal acetylenes is 1. The van der Waals surface area contributed by atoms with Crippen molar-refractivity contribution in [2.45, 2.75) is 25.4 Å². The Hall–Kier alpha value is -1.30. The minimum Gasteiger partial charge on any atom is -0.372 e. The second-order valence-electron chi connectivity index (χ2n) is 4.33. The molecule has 0 radical (unpaired) electrons. The molecule has 0 spiro atoms. The van der Waals surface area contributed by atoms with E-state index in [-0.39, 0.29) is 6.10 Å². The topological polar surface area (TPSA) is 21.3 Å². The lowest BCUT2D eigenvalue weighted by Crippen LogP contribution is -2.22. The Morgan fingerprint density at radius 1 is 1.41 bits per heavy atom. The smallest absolute Gasteiger partial charge is 0.0828 e. The van der Waals surface area contributed by atoms with Crippen LogP contribution in [0.15, 0.2) is 24.3 Å². The molecule has 0 aliphatic heterocycles. The Morgan fingerprint density at radius 2 is 2.29 bits per heavy atom. The summed E-state index contributed by atoms with van der Waals surface area (Å²) in [4.78, 5) is 0. The van der Waals surface area contributed by atoms with Gasteiger partial charge >= 0.3 is 0 Å². The van der Waals surface area contributed by atoms with E-state index in [0.717, 1.165) is 19.6 Å². The molecule has 1 N–H and O–H groups in total. The van der Waals surface area contributed by atoms with Gasteiger partial charge in [0.15, 0.2) is 0 Å². The lowest BCUT2D eigenvalue weighted by molar-refractivity contribution is 0.0431. The number of benzene rings is 1. The van der Waals surface area contributed by atoms with Crippen molar-refractivity contribution in [3.05, 3.63) is 35.4 Å². The van der Waals surface area contributed by atoms with Crippen molar-refractivity contribution < 1.29 is 4.74 Å². The van der Waals surface area contributed by atoms with Gasteiger partial charge in [-0.3, -0.25) is 0 Å². The third-order valence-electron chi connectivity index (χ3n) is 3.14. The third kappa shape index (κ3) is 3.33. The number of hydrogen-bond donors (Lipinski definition) is 1. The SMILES string of the molecule is C#CCNCCOC1CCCc2ccccc21. The van der Waals surface area contributed by atoms with Crippen molar-refractivity contribution in [1.82, 2.24) is 5.32 Å². The van der Waals surface area contributed by atoms with Crippen LogP contribution in [0.5, 0.6) is 0 Å². The second kappa shape index (κ2) is 6.44. The van der Waals surface area contributed by atoms with Crippen molar-refractivity contribution in [3.8, 4) is 12.3 Å². The summed E-state index contributed by atoms with van der Waals surface area (Å²) in [6.07, 6.45) is 8.97. The fraction of sp³-hybridized carbons (Fsp3) is 0.467. The second-order valence-corrected chi connectivity index (χ2v) is 4.33. The quantitative estimate of drug-likeness (QED) is 0.618. The van der Waals surface area contributed by atoms with Crippen LogP contribution in [-0.2, 0) is 11.2 Å². The molecule has 1 aliphatic carbocycles. The first-order valence-electron chi connectivity index (χ1n) is 6.25. The molecule has 2 nitrogen and oxygen atoms in total. The fourth-order valence-electron chi connectivity index (χ4n) is 2.32. The molecule has 0 saturated heterocycles. The molecule has 0 amide bonds. The molecule has 0 fully saturated rings. The largest absolute Gasteiger partial charge is 0.372 e. The van der Waals surface area contributed by atoms with Gasteiger partial charge in [0.25, 0.3) is 0 Å². The van der Waals surface area contributed by atoms with E-state index >= 15 is 0 Å². The Bertz CT molecular complexity index is 394. The first-order chi connectivity index (χ1) is 8.42. The first kappa shape index (κ1) is 12.2. The zero-order chi connectivity index (χ0) is 11.9. The van der Waals surface area contributed by atoms with Crippen LogP contribution in [0.4, 0.5) is 0 Å². The van der Waals surface area contributed by atoms with E-state index in [0.29, 0.717) is 6.54 Å². The van der Waals surface area contributed by atoms with E-state index in [1.807, 2.05) is 0 Å². The summed E-state index contributed by atoms with van der Waals surface area (Å²) in [5, 5.41) is 3.14. The van der Waals surface area contributed by atoms with Crippen LogP contribution < -0.4 is 5.32 Å². The molecule has 90 valence electrons. The van der Waals surface area contributed by atoms with E-state index in [1.54, 1.807) is 0 Å². The van der Waals surface area contributed by atoms with Crippen molar-refractivity contribution in [3.63, 3.8) is 0 Å². The summed E-state index contributed by atoms with van der Waals surface area (Å²) in [5.41, 5.74) is 2.82. The average Bonchev–Trinajstić information content (AvgIpc) is 2.39. The molecule has 1 unspecified atom stereocenters. The molecule has 0 heterocycles. The molecular formula is C15H19NO. The van der Waals surface area contributed by atoms with Crippen LogP contribution in [0.1, 0.15) is 30.1 Å². The van der Waals surface area contributed by atoms with Gasteiger partial charge in [-0.25, -0.2) is 0 Å². The van der Waals surface area contributed by atoms with E-state index in [1.165, 1.54) is 24.0 Å². The molecule has 0 bridgehead atoms. The Morgan fingerprint density at radius 3 is 3.18 bits per heavy atom. The number of fused-ring (bicyclic) bond motifs is 1. The van der Waals surface area contributed by atoms with Gasteiger partial charge in [-0.2, -0.15) is 0 Å². The van der Waals surface area contributed by atoms with E-state index < -0.39 is 0 Å². The van der Waals surface area contributed by atoms with Gasteiger partial charge in [0.2, 0.25) is 0 Å². The number of rotatable bonds is 5. The highest BCUT2D eigenvalue weighted by Crippen LogP contribution is 2.31. The lowest BCUT2D eigenvalue weighted by atomic mass is 9.89. The van der Waals surface area contributed by atoms with Gasteiger partial charge in [-0.15, -0.1) is 6.42 Å². The van der Waals surface area contributed by atoms with E-state index in [4.69, 9.17) is 11.2 Å². The summed E-state index contributed by atoms with van der Waals surface area (Å²) in [6.45, 7) is 2.16. The molecule has 17 heavy (non-hydrogen) atoms. The van der Waals surface area contributed by atoms with Gasteiger partial charge in [0, 0.05) is 6.54 Å². The normalized spacial score (nSPS) is 18.4. The maximum atomic E-state index is 5.92. The highest BCUT2D eigenvalue weighted by Gasteiger charge is 2.19. The zero-order valence-corrected chi connectivity index (χ0v) is 10.1. The monoisotopic (exact) mass is 229 g/mol. The van der Waals surface area contributed by atoms with Crippen molar-refractivity contribution in [2.24, 2.45) is 0 Å². The first-order valence-corrected chi connectivity index (χ1v) is 6.25. The van der Waals surface area contributed by atoms with Crippen LogP contribution in [0, 0.1) is 12.3 Å². The van der Waals surface area contributed by atoms with Crippen LogP contribution >= 0.6 is 0 Å². The fourth-order valence-corrected chi connectivity index (χ4v) is 2.32. The highest BCUT2D eigenvalue weighted by atomic mass is 16.5. The average molecular weight is 229 g/mol. The number of hydrogen-bond acceptors (Lipinski definition) is 2. The minimum absolute atomic E-state index is 0.271. The Balaban J connectivity index is 1.84. The zero-order valence-electron chi connectivity index (χ0n) is 10.1. The minimum atomic E-state index is 0.271. The maximum absolute atomic E-state index is 5.92. The summed E-state index contributed by atoms with van der Waals surface area (Å²) in [5.74, 6) is 2.56. The van der Waals surface area contributed by atoms with Crippen LogP contribution in [-0.4, -0.2) is 19.7 Å². The van der Waals surface area contributed by atoms with Crippen LogP contribution in [0.3, 0.4) is 0 Å². The van der Waals surface area contributed by atoms with Gasteiger partial charge < -0.3 is 10.1 Å². The van der Waals surface area contributed by atoms with Crippen LogP contribution in [0.2, 0.25) is 0 Å². The molecule has 0 saturated carbocycles. The number of nitrogens with one attached hydrogen (secondary N) is 1. The molecule has 0 aromatic heterocycles. The maximum Gasteiger partial charge on any atom is 0.0828 e. The Labute approximate surface area is 103 Å². The van der Waals surface area contributed by atoms with Gasteiger partial charge in [-0.1, -0.05) is 30.2 Å². The third-order valence-corrected chi connectivity index (χ3v) is 3.14.